The van der Waals surface area contributed by atoms with Crippen LogP contribution in [0.15, 0.2) is 66.7 Å². The smallest absolute Gasteiger partial charge is 0.252 e. The van der Waals surface area contributed by atoms with Gasteiger partial charge in [0.25, 0.3) is 11.8 Å². The Balaban J connectivity index is 0.00000387. The van der Waals surface area contributed by atoms with Crippen molar-refractivity contribution in [1.82, 2.24) is 10.3 Å². The van der Waals surface area contributed by atoms with Gasteiger partial charge in [-0.1, -0.05) is 61.0 Å². The van der Waals surface area contributed by atoms with Crippen molar-refractivity contribution in [3.05, 3.63) is 88.3 Å². The van der Waals surface area contributed by atoms with Crippen molar-refractivity contribution in [3.8, 4) is 0 Å². The molecule has 7 nitrogen and oxygen atoms in total. The van der Waals surface area contributed by atoms with Crippen molar-refractivity contribution >= 4 is 52.4 Å². The molecule has 1 aliphatic carbocycles. The number of rotatable bonds is 7. The highest BCUT2D eigenvalue weighted by Gasteiger charge is 2.48. The van der Waals surface area contributed by atoms with Crippen LogP contribution >= 0.6 is 23.2 Å². The summed E-state index contributed by atoms with van der Waals surface area (Å²) in [6.45, 7) is 0. The zero-order chi connectivity index (χ0) is 28.6. The fourth-order valence-electron chi connectivity index (χ4n) is 5.06. The van der Waals surface area contributed by atoms with Crippen LogP contribution in [0.1, 0.15) is 44.7 Å². The molecule has 2 heterocycles. The van der Waals surface area contributed by atoms with Crippen molar-refractivity contribution in [3.63, 3.8) is 0 Å². The van der Waals surface area contributed by atoms with Gasteiger partial charge in [-0.05, 0) is 42.8 Å². The lowest BCUT2D eigenvalue weighted by atomic mass is 9.87. The first-order valence-electron chi connectivity index (χ1n) is 12.5. The summed E-state index contributed by atoms with van der Waals surface area (Å²) in [4.78, 5) is 47.5. The summed E-state index contributed by atoms with van der Waals surface area (Å²) in [7, 11) is 0. The number of aromatic nitrogens is 1. The van der Waals surface area contributed by atoms with E-state index < -0.39 is 54.5 Å². The quantitative estimate of drug-likeness (QED) is 0.318. The van der Waals surface area contributed by atoms with Gasteiger partial charge in [0, 0.05) is 41.6 Å². The molecule has 5 rings (SSSR count). The average molecular weight is 607 g/mol. The molecule has 216 valence electrons. The van der Waals surface area contributed by atoms with Crippen molar-refractivity contribution in [2.24, 2.45) is 0 Å². The molecule has 3 aromatic rings. The van der Waals surface area contributed by atoms with Gasteiger partial charge in [-0.25, -0.2) is 18.2 Å². The molecule has 2 atom stereocenters. The third-order valence-corrected chi connectivity index (χ3v) is 7.47. The van der Waals surface area contributed by atoms with E-state index in [1.807, 2.05) is 0 Å². The molecule has 12 heteroatoms. The first-order valence-corrected chi connectivity index (χ1v) is 13.3. The van der Waals surface area contributed by atoms with Crippen LogP contribution in [0, 0.1) is 5.82 Å². The van der Waals surface area contributed by atoms with Gasteiger partial charge < -0.3 is 5.32 Å². The zero-order valence-corrected chi connectivity index (χ0v) is 22.4. The summed E-state index contributed by atoms with van der Waals surface area (Å²) in [6.07, 6.45) is -0.994. The normalized spacial score (nSPS) is 18.7. The van der Waals surface area contributed by atoms with Crippen LogP contribution in [0.4, 0.5) is 24.7 Å². The van der Waals surface area contributed by atoms with E-state index in [1.54, 1.807) is 18.2 Å². The number of carbonyl (C=O) groups excluding carboxylic acids is 3. The monoisotopic (exact) mass is 606 g/mol. The average Bonchev–Trinajstić information content (AvgIpc) is 3.27. The van der Waals surface area contributed by atoms with Gasteiger partial charge in [0.2, 0.25) is 11.8 Å². The fraction of sp³-hybridized carbons (Fsp3) is 0.310. The van der Waals surface area contributed by atoms with Crippen LogP contribution in [-0.4, -0.2) is 40.7 Å². The van der Waals surface area contributed by atoms with Crippen molar-refractivity contribution < 1.29 is 27.6 Å². The lowest BCUT2D eigenvalue weighted by molar-refractivity contribution is -0.133. The number of alkyl halides is 2. The van der Waals surface area contributed by atoms with E-state index in [0.717, 1.165) is 11.0 Å². The van der Waals surface area contributed by atoms with Gasteiger partial charge in [0.05, 0.1) is 0 Å². The van der Waals surface area contributed by atoms with Crippen LogP contribution in [0.3, 0.4) is 0 Å². The second kappa shape index (κ2) is 12.1. The topological polar surface area (TPSA) is 82.6 Å². The van der Waals surface area contributed by atoms with Crippen molar-refractivity contribution in [1.29, 1.82) is 0 Å². The second-order valence-corrected chi connectivity index (χ2v) is 10.5. The van der Waals surface area contributed by atoms with Gasteiger partial charge in [0.15, 0.2) is 0 Å². The lowest BCUT2D eigenvalue weighted by Crippen LogP contribution is -2.56. The first-order chi connectivity index (χ1) is 19.0. The molecule has 41 heavy (non-hydrogen) atoms. The van der Waals surface area contributed by atoms with Crippen LogP contribution in [0.5, 0.6) is 0 Å². The number of nitrogens with zero attached hydrogens (tertiary/aromatic N) is 3. The van der Waals surface area contributed by atoms with E-state index in [2.05, 4.69) is 10.3 Å². The minimum atomic E-state index is -2.90. The second-order valence-electron chi connectivity index (χ2n) is 9.72. The van der Waals surface area contributed by atoms with E-state index in [9.17, 15) is 27.6 Å². The van der Waals surface area contributed by atoms with Gasteiger partial charge in [0.1, 0.15) is 28.9 Å². The Kier molecular flexibility index (Phi) is 8.94. The van der Waals surface area contributed by atoms with Gasteiger partial charge in [-0.15, -0.1) is 0 Å². The van der Waals surface area contributed by atoms with Crippen LogP contribution in [-0.2, 0) is 14.4 Å². The highest BCUT2D eigenvalue weighted by atomic mass is 35.5. The number of amides is 3. The van der Waals surface area contributed by atoms with E-state index >= 15 is 0 Å². The summed E-state index contributed by atoms with van der Waals surface area (Å²) in [5.74, 6) is -5.31. The molecule has 1 N–H and O–H groups in total. The van der Waals surface area contributed by atoms with E-state index in [4.69, 9.17) is 23.2 Å². The highest BCUT2D eigenvalue weighted by Crippen LogP contribution is 2.40. The Morgan fingerprint density at radius 1 is 1.05 bits per heavy atom. The first kappa shape index (κ1) is 30.3. The third-order valence-electron chi connectivity index (χ3n) is 6.91. The van der Waals surface area contributed by atoms with E-state index in [1.165, 1.54) is 47.4 Å². The number of hydrogen-bond donors (Lipinski definition) is 1. The summed E-state index contributed by atoms with van der Waals surface area (Å²) < 4.78 is 41.6. The van der Waals surface area contributed by atoms with Gasteiger partial charge >= 0.3 is 0 Å². The largest absolute Gasteiger partial charge is 0.351 e. The number of nitrogens with one attached hydrogen (secondary N) is 1. The number of halogens is 5. The maximum Gasteiger partial charge on any atom is 0.252 e. The third kappa shape index (κ3) is 6.33. The maximum absolute atomic E-state index is 14.5. The van der Waals surface area contributed by atoms with E-state index in [0.29, 0.717) is 0 Å². The Hall–Kier alpha value is -3.63. The molecule has 2 aliphatic rings. The van der Waals surface area contributed by atoms with Crippen LogP contribution in [0.2, 0.25) is 10.2 Å². The van der Waals surface area contributed by atoms with Crippen LogP contribution in [0.25, 0.3) is 0 Å². The van der Waals surface area contributed by atoms with Gasteiger partial charge in [-0.2, -0.15) is 0 Å². The predicted octanol–water partition coefficient (Wildman–Crippen LogP) is 6.35. The summed E-state index contributed by atoms with van der Waals surface area (Å²) in [5.41, 5.74) is 0.212. The summed E-state index contributed by atoms with van der Waals surface area (Å²) >= 11 is 12.5. The SMILES string of the molecule is C.O=C(NC1CC(F)(F)C1)[C@H](c1ccccc1Cl)N(C(=O)[C@@H]1CCC(=O)N1c1cccc(Cl)n1)c1cccc(F)c1. The fourth-order valence-corrected chi connectivity index (χ4v) is 5.46. The molecule has 2 fully saturated rings. The highest BCUT2D eigenvalue weighted by molar-refractivity contribution is 6.32. The molecular formula is C29H27Cl2F3N4O3. The molecule has 1 aliphatic heterocycles. The summed E-state index contributed by atoms with van der Waals surface area (Å²) in [6, 6.07) is 12.5. The standard InChI is InChI=1S/C28H23Cl2F3N4O3.CH4/c29-20-8-2-1-7-19(20)25(26(39)34-17-14-28(32,33)15-17)36(18-6-3-5-16(31)13-18)27(40)21-11-12-24(38)37(21)23-10-4-9-22(30)35-23;/h1-10,13,17,21,25H,11-12,14-15H2,(H,34,39);1H4/t21-,25-;/m0./s1. The van der Waals surface area contributed by atoms with Gasteiger partial charge in [-0.3, -0.25) is 24.2 Å². The summed E-state index contributed by atoms with van der Waals surface area (Å²) in [5, 5.41) is 2.83. The molecule has 0 radical (unpaired) electrons. The molecule has 1 saturated heterocycles. The number of hydrogen-bond acceptors (Lipinski definition) is 4. The molecule has 0 unspecified atom stereocenters. The Morgan fingerprint density at radius 2 is 1.76 bits per heavy atom. The number of anilines is 2. The molecule has 2 aromatic carbocycles. The molecule has 3 amide bonds. The zero-order valence-electron chi connectivity index (χ0n) is 20.9. The number of benzene rings is 2. The van der Waals surface area contributed by atoms with Crippen molar-refractivity contribution in [2.75, 3.05) is 9.80 Å². The Bertz CT molecular complexity index is 1470. The Labute approximate surface area is 245 Å². The number of carbonyl (C=O) groups is 3. The van der Waals surface area contributed by atoms with Crippen molar-refractivity contribution in [2.45, 2.75) is 57.2 Å². The minimum Gasteiger partial charge on any atom is -0.351 e. The molecule has 1 saturated carbocycles. The van der Waals surface area contributed by atoms with E-state index in [-0.39, 0.29) is 53.4 Å². The molecule has 1 aromatic heterocycles. The Morgan fingerprint density at radius 3 is 2.41 bits per heavy atom. The number of pyridine rings is 1. The minimum absolute atomic E-state index is 0. The predicted molar refractivity (Wildman–Crippen MR) is 151 cm³/mol. The van der Waals surface area contributed by atoms with Crippen LogP contribution < -0.4 is 15.1 Å². The lowest BCUT2D eigenvalue weighted by Gasteiger charge is -2.39. The molecule has 0 bridgehead atoms. The molecule has 0 spiro atoms. The molecular weight excluding hydrogens is 580 g/mol. The maximum atomic E-state index is 14.5.